The SMILES string of the molecule is COc1cccc(/C=N\Nc2ccccc2[N+](=O)[O-])c1OC. The summed E-state index contributed by atoms with van der Waals surface area (Å²) < 4.78 is 10.5. The number of nitrogens with one attached hydrogen (secondary N) is 1. The molecule has 0 radical (unpaired) electrons. The lowest BCUT2D eigenvalue weighted by atomic mass is 10.2. The molecule has 0 atom stereocenters. The van der Waals surface area contributed by atoms with Gasteiger partial charge in [-0.05, 0) is 18.2 Å². The normalized spacial score (nSPS) is 10.5. The van der Waals surface area contributed by atoms with E-state index in [9.17, 15) is 10.1 Å². The second-order valence-corrected chi connectivity index (χ2v) is 4.23. The fourth-order valence-corrected chi connectivity index (χ4v) is 1.91. The fraction of sp³-hybridized carbons (Fsp3) is 0.133. The second kappa shape index (κ2) is 7.07. The first-order valence-electron chi connectivity index (χ1n) is 6.41. The van der Waals surface area contributed by atoms with Crippen molar-refractivity contribution in [1.29, 1.82) is 0 Å². The molecule has 0 heterocycles. The first-order chi connectivity index (χ1) is 10.7. The van der Waals surface area contributed by atoms with Gasteiger partial charge in [0.15, 0.2) is 11.5 Å². The standard InChI is InChI=1S/C15H15N3O4/c1-21-14-9-5-6-11(15(14)22-2)10-16-17-12-7-3-4-8-13(12)18(19)20/h3-10,17H,1-2H3/b16-10-. The topological polar surface area (TPSA) is 86.0 Å². The summed E-state index contributed by atoms with van der Waals surface area (Å²) in [5.74, 6) is 1.12. The monoisotopic (exact) mass is 301 g/mol. The third-order valence-electron chi connectivity index (χ3n) is 2.92. The molecular weight excluding hydrogens is 286 g/mol. The van der Waals surface area contributed by atoms with Crippen molar-refractivity contribution in [1.82, 2.24) is 0 Å². The molecule has 0 aliphatic heterocycles. The zero-order chi connectivity index (χ0) is 15.9. The van der Waals surface area contributed by atoms with Gasteiger partial charge >= 0.3 is 0 Å². The van der Waals surface area contributed by atoms with E-state index in [1.807, 2.05) is 0 Å². The van der Waals surface area contributed by atoms with Crippen LogP contribution in [0.1, 0.15) is 5.56 Å². The molecule has 1 N–H and O–H groups in total. The van der Waals surface area contributed by atoms with Crippen molar-refractivity contribution >= 4 is 17.6 Å². The molecular formula is C15H15N3O4. The van der Waals surface area contributed by atoms with Gasteiger partial charge in [0.25, 0.3) is 5.69 Å². The number of ether oxygens (including phenoxy) is 2. The van der Waals surface area contributed by atoms with Crippen LogP contribution in [-0.4, -0.2) is 25.4 Å². The summed E-state index contributed by atoms with van der Waals surface area (Å²) in [7, 11) is 3.08. The molecule has 0 spiro atoms. The number of nitrogens with zero attached hydrogens (tertiary/aromatic N) is 2. The molecule has 0 aromatic heterocycles. The smallest absolute Gasteiger partial charge is 0.294 e. The van der Waals surface area contributed by atoms with E-state index in [-0.39, 0.29) is 5.69 Å². The van der Waals surface area contributed by atoms with Crippen LogP contribution in [0.15, 0.2) is 47.6 Å². The highest BCUT2D eigenvalue weighted by molar-refractivity contribution is 5.85. The first-order valence-corrected chi connectivity index (χ1v) is 6.41. The number of hydrazone groups is 1. The van der Waals surface area contributed by atoms with E-state index in [2.05, 4.69) is 10.5 Å². The number of methoxy groups -OCH3 is 2. The van der Waals surface area contributed by atoms with Crippen LogP contribution >= 0.6 is 0 Å². The zero-order valence-corrected chi connectivity index (χ0v) is 12.1. The molecule has 7 nitrogen and oxygen atoms in total. The Morgan fingerprint density at radius 3 is 2.59 bits per heavy atom. The minimum atomic E-state index is -0.468. The average molecular weight is 301 g/mol. The molecule has 7 heteroatoms. The highest BCUT2D eigenvalue weighted by atomic mass is 16.6. The van der Waals surface area contributed by atoms with Gasteiger partial charge in [-0.1, -0.05) is 18.2 Å². The van der Waals surface area contributed by atoms with Gasteiger partial charge < -0.3 is 9.47 Å². The Bertz CT molecular complexity index is 701. The van der Waals surface area contributed by atoms with Crippen molar-refractivity contribution in [3.05, 3.63) is 58.1 Å². The Hall–Kier alpha value is -3.09. The molecule has 114 valence electrons. The molecule has 0 saturated heterocycles. The van der Waals surface area contributed by atoms with Crippen LogP contribution in [-0.2, 0) is 0 Å². The van der Waals surface area contributed by atoms with Gasteiger partial charge in [0, 0.05) is 11.6 Å². The molecule has 0 unspecified atom stereocenters. The molecule has 0 bridgehead atoms. The molecule has 2 aromatic carbocycles. The maximum Gasteiger partial charge on any atom is 0.294 e. The first kappa shape index (κ1) is 15.3. The van der Waals surface area contributed by atoms with Crippen LogP contribution in [0.5, 0.6) is 11.5 Å². The second-order valence-electron chi connectivity index (χ2n) is 4.23. The highest BCUT2D eigenvalue weighted by Gasteiger charge is 2.11. The molecule has 0 fully saturated rings. The summed E-state index contributed by atoms with van der Waals surface area (Å²) in [5, 5.41) is 14.9. The van der Waals surface area contributed by atoms with Crippen LogP contribution in [0.2, 0.25) is 0 Å². The van der Waals surface area contributed by atoms with E-state index in [0.717, 1.165) is 0 Å². The molecule has 0 saturated carbocycles. The number of hydrogen-bond acceptors (Lipinski definition) is 6. The van der Waals surface area contributed by atoms with Gasteiger partial charge in [-0.3, -0.25) is 15.5 Å². The molecule has 0 aliphatic rings. The number of nitro benzene ring substituents is 1. The average Bonchev–Trinajstić information content (AvgIpc) is 2.54. The van der Waals surface area contributed by atoms with Crippen molar-refractivity contribution in [3.63, 3.8) is 0 Å². The van der Waals surface area contributed by atoms with Crippen molar-refractivity contribution < 1.29 is 14.4 Å². The number of para-hydroxylation sites is 3. The van der Waals surface area contributed by atoms with Crippen LogP contribution in [0, 0.1) is 10.1 Å². The van der Waals surface area contributed by atoms with Crippen molar-refractivity contribution in [2.24, 2.45) is 5.10 Å². The molecule has 0 aliphatic carbocycles. The Labute approximate surface area is 127 Å². The Morgan fingerprint density at radius 2 is 1.91 bits per heavy atom. The maximum absolute atomic E-state index is 10.9. The summed E-state index contributed by atoms with van der Waals surface area (Å²) in [5.41, 5.74) is 3.62. The van der Waals surface area contributed by atoms with Crippen LogP contribution in [0.4, 0.5) is 11.4 Å². The maximum atomic E-state index is 10.9. The third kappa shape index (κ3) is 3.32. The third-order valence-corrected chi connectivity index (χ3v) is 2.92. The predicted molar refractivity (Wildman–Crippen MR) is 83.9 cm³/mol. The zero-order valence-electron chi connectivity index (χ0n) is 12.1. The van der Waals surface area contributed by atoms with E-state index < -0.39 is 4.92 Å². The van der Waals surface area contributed by atoms with Gasteiger partial charge in [0.1, 0.15) is 5.69 Å². The van der Waals surface area contributed by atoms with E-state index in [4.69, 9.17) is 9.47 Å². The largest absolute Gasteiger partial charge is 0.493 e. The molecule has 22 heavy (non-hydrogen) atoms. The predicted octanol–water partition coefficient (Wildman–Crippen LogP) is 3.06. The minimum absolute atomic E-state index is 0.0442. The van der Waals surface area contributed by atoms with Crippen LogP contribution in [0.25, 0.3) is 0 Å². The number of rotatable bonds is 6. The summed E-state index contributed by atoms with van der Waals surface area (Å²) >= 11 is 0. The highest BCUT2D eigenvalue weighted by Crippen LogP contribution is 2.29. The summed E-state index contributed by atoms with van der Waals surface area (Å²) in [6.45, 7) is 0. The van der Waals surface area contributed by atoms with E-state index >= 15 is 0 Å². The van der Waals surface area contributed by atoms with Gasteiger partial charge in [0.2, 0.25) is 0 Å². The summed E-state index contributed by atoms with van der Waals surface area (Å²) in [6, 6.07) is 11.6. The summed E-state index contributed by atoms with van der Waals surface area (Å²) in [4.78, 5) is 10.4. The lowest BCUT2D eigenvalue weighted by Crippen LogP contribution is -1.98. The minimum Gasteiger partial charge on any atom is -0.493 e. The van der Waals surface area contributed by atoms with E-state index in [1.54, 1.807) is 43.5 Å². The van der Waals surface area contributed by atoms with Crippen molar-refractivity contribution in [3.8, 4) is 11.5 Å². The number of anilines is 1. The molecule has 2 aromatic rings. The number of benzene rings is 2. The van der Waals surface area contributed by atoms with Gasteiger partial charge in [-0.2, -0.15) is 5.10 Å². The van der Waals surface area contributed by atoms with Crippen LogP contribution < -0.4 is 14.9 Å². The molecule has 0 amide bonds. The quantitative estimate of drug-likeness (QED) is 0.503. The van der Waals surface area contributed by atoms with Crippen LogP contribution in [0.3, 0.4) is 0 Å². The van der Waals surface area contributed by atoms with Gasteiger partial charge in [0.05, 0.1) is 25.4 Å². The van der Waals surface area contributed by atoms with E-state index in [1.165, 1.54) is 19.4 Å². The Balaban J connectivity index is 2.22. The number of nitro groups is 1. The number of hydrogen-bond donors (Lipinski definition) is 1. The Morgan fingerprint density at radius 1 is 1.14 bits per heavy atom. The lowest BCUT2D eigenvalue weighted by Gasteiger charge is -2.09. The van der Waals surface area contributed by atoms with Crippen molar-refractivity contribution in [2.45, 2.75) is 0 Å². The molecule has 2 rings (SSSR count). The fourth-order valence-electron chi connectivity index (χ4n) is 1.91. The summed E-state index contributed by atoms with van der Waals surface area (Å²) in [6.07, 6.45) is 1.51. The lowest BCUT2D eigenvalue weighted by molar-refractivity contribution is -0.384. The van der Waals surface area contributed by atoms with E-state index in [0.29, 0.717) is 22.7 Å². The van der Waals surface area contributed by atoms with Crippen molar-refractivity contribution in [2.75, 3.05) is 19.6 Å². The van der Waals surface area contributed by atoms with Gasteiger partial charge in [-0.15, -0.1) is 0 Å². The Kier molecular flexibility index (Phi) is 4.92. The van der Waals surface area contributed by atoms with Gasteiger partial charge in [-0.25, -0.2) is 0 Å².